The van der Waals surface area contributed by atoms with Crippen LogP contribution in [0.1, 0.15) is 0 Å². The Kier molecular flexibility index (Phi) is 4.49. The van der Waals surface area contributed by atoms with Crippen LogP contribution in [0, 0.1) is 0 Å². The van der Waals surface area contributed by atoms with Gasteiger partial charge in [0.15, 0.2) is 24.0 Å². The first kappa shape index (κ1) is 20.9. The lowest BCUT2D eigenvalue weighted by Gasteiger charge is -2.12. The third-order valence-corrected chi connectivity index (χ3v) is 7.34. The minimum atomic E-state index is 0.773. The molecule has 178 valence electrons. The van der Waals surface area contributed by atoms with Crippen LogP contribution < -0.4 is 0 Å². The van der Waals surface area contributed by atoms with Crippen LogP contribution in [0.25, 0.3) is 77.1 Å². The topological polar surface area (TPSA) is 52.1 Å². The smallest absolute Gasteiger partial charge is 0.181 e. The monoisotopic (exact) mass is 488 g/mol. The minimum absolute atomic E-state index is 0.773. The summed E-state index contributed by atoms with van der Waals surface area (Å²) in [6.45, 7) is 0. The number of oxazole rings is 2. The van der Waals surface area contributed by atoms with Crippen molar-refractivity contribution in [3.63, 3.8) is 0 Å². The second-order valence-corrected chi connectivity index (χ2v) is 9.59. The molecule has 4 heteroatoms. The number of benzene rings is 6. The summed E-state index contributed by atoms with van der Waals surface area (Å²) in [4.78, 5) is 8.55. The summed E-state index contributed by atoms with van der Waals surface area (Å²) in [5.41, 5.74) is 9.91. The Bertz CT molecular complexity index is 2060. The maximum absolute atomic E-state index is 5.60. The third kappa shape index (κ3) is 3.39. The summed E-state index contributed by atoms with van der Waals surface area (Å²) in [7, 11) is 0. The van der Waals surface area contributed by atoms with Crippen molar-refractivity contribution in [1.29, 1.82) is 0 Å². The fourth-order valence-corrected chi connectivity index (χ4v) is 5.39. The summed E-state index contributed by atoms with van der Waals surface area (Å²) >= 11 is 0. The van der Waals surface area contributed by atoms with Crippen molar-refractivity contribution < 1.29 is 8.83 Å². The molecule has 38 heavy (non-hydrogen) atoms. The quantitative estimate of drug-likeness (QED) is 0.233. The van der Waals surface area contributed by atoms with E-state index in [0.717, 1.165) is 55.6 Å². The van der Waals surface area contributed by atoms with E-state index in [1.165, 1.54) is 34.3 Å². The molecule has 0 unspecified atom stereocenters. The van der Waals surface area contributed by atoms with Crippen LogP contribution in [0.3, 0.4) is 0 Å². The van der Waals surface area contributed by atoms with Gasteiger partial charge in [-0.3, -0.25) is 0 Å². The molecule has 0 saturated carbocycles. The summed E-state index contributed by atoms with van der Waals surface area (Å²) in [6, 6.07) is 38.7. The van der Waals surface area contributed by atoms with Crippen LogP contribution in [0.15, 0.2) is 131 Å². The number of rotatable bonds is 3. The Hall–Kier alpha value is -5.22. The normalized spacial score (nSPS) is 11.7. The zero-order valence-corrected chi connectivity index (χ0v) is 20.3. The van der Waals surface area contributed by atoms with E-state index in [1.807, 2.05) is 12.1 Å². The van der Waals surface area contributed by atoms with Gasteiger partial charge in [-0.15, -0.1) is 0 Å². The molecule has 8 aromatic rings. The molecule has 4 nitrogen and oxygen atoms in total. The molecule has 6 aromatic carbocycles. The molecule has 0 N–H and O–H groups in total. The number of nitrogens with zero attached hydrogens (tertiary/aromatic N) is 2. The molecule has 2 aromatic heterocycles. The molecule has 0 radical (unpaired) electrons. The number of hydrogen-bond donors (Lipinski definition) is 0. The second kappa shape index (κ2) is 8.15. The predicted molar refractivity (Wildman–Crippen MR) is 153 cm³/mol. The maximum Gasteiger partial charge on any atom is 0.181 e. The Morgan fingerprint density at radius 3 is 1.58 bits per heavy atom. The predicted octanol–water partition coefficient (Wildman–Crippen LogP) is 9.28. The summed E-state index contributed by atoms with van der Waals surface area (Å²) in [6.07, 6.45) is 2.98. The number of aromatic nitrogens is 2. The van der Waals surface area contributed by atoms with Gasteiger partial charge in [0, 0.05) is 0 Å². The molecule has 0 bridgehead atoms. The Morgan fingerprint density at radius 1 is 0.395 bits per heavy atom. The zero-order valence-electron chi connectivity index (χ0n) is 20.3. The molecule has 0 aliphatic carbocycles. The van der Waals surface area contributed by atoms with Crippen LogP contribution in [0.4, 0.5) is 0 Å². The lowest BCUT2D eigenvalue weighted by atomic mass is 9.92. The van der Waals surface area contributed by atoms with E-state index in [0.29, 0.717) is 0 Å². The van der Waals surface area contributed by atoms with Gasteiger partial charge in [-0.1, -0.05) is 60.7 Å². The average molecular weight is 489 g/mol. The van der Waals surface area contributed by atoms with Crippen LogP contribution in [-0.2, 0) is 0 Å². The van der Waals surface area contributed by atoms with Crippen LogP contribution in [-0.4, -0.2) is 9.97 Å². The summed E-state index contributed by atoms with van der Waals surface area (Å²) < 4.78 is 11.2. The molecule has 0 amide bonds. The van der Waals surface area contributed by atoms with Gasteiger partial charge in [0.25, 0.3) is 0 Å². The van der Waals surface area contributed by atoms with Gasteiger partial charge in [-0.2, -0.15) is 0 Å². The van der Waals surface area contributed by atoms with E-state index in [2.05, 4.69) is 107 Å². The minimum Gasteiger partial charge on any atom is -0.443 e. The molecule has 0 atom stereocenters. The molecule has 0 spiro atoms. The third-order valence-electron chi connectivity index (χ3n) is 7.34. The van der Waals surface area contributed by atoms with Crippen LogP contribution in [0.5, 0.6) is 0 Å². The van der Waals surface area contributed by atoms with Crippen molar-refractivity contribution in [3.8, 4) is 33.4 Å². The van der Waals surface area contributed by atoms with Crippen molar-refractivity contribution in [2.75, 3.05) is 0 Å². The van der Waals surface area contributed by atoms with Crippen molar-refractivity contribution in [1.82, 2.24) is 9.97 Å². The van der Waals surface area contributed by atoms with Crippen molar-refractivity contribution in [2.24, 2.45) is 0 Å². The first-order valence-corrected chi connectivity index (χ1v) is 12.5. The summed E-state index contributed by atoms with van der Waals surface area (Å²) in [5, 5.41) is 5.00. The molecule has 2 heterocycles. The van der Waals surface area contributed by atoms with E-state index in [-0.39, 0.29) is 0 Å². The molecule has 8 rings (SSSR count). The van der Waals surface area contributed by atoms with Crippen LogP contribution >= 0.6 is 0 Å². The van der Waals surface area contributed by atoms with Gasteiger partial charge in [-0.05, 0) is 103 Å². The second-order valence-electron chi connectivity index (χ2n) is 9.59. The van der Waals surface area contributed by atoms with E-state index >= 15 is 0 Å². The Morgan fingerprint density at radius 2 is 0.921 bits per heavy atom. The Balaban J connectivity index is 1.34. The SMILES string of the molecule is c1ccc2c(c1)ccc1cc(-c3cc(-c4ccc5ncoc5c4)cc(-c4ccc5ncoc5c4)c3)ccc12. The Labute approximate surface area is 217 Å². The van der Waals surface area contributed by atoms with Gasteiger partial charge < -0.3 is 8.83 Å². The van der Waals surface area contributed by atoms with Gasteiger partial charge in [0.05, 0.1) is 0 Å². The maximum atomic E-state index is 5.60. The van der Waals surface area contributed by atoms with E-state index < -0.39 is 0 Å². The van der Waals surface area contributed by atoms with Crippen molar-refractivity contribution >= 4 is 43.7 Å². The van der Waals surface area contributed by atoms with Crippen molar-refractivity contribution in [3.05, 3.63) is 122 Å². The standard InChI is InChI=1S/C34H20N2O2/c1-2-4-29-21(3-1)5-6-25-13-22(7-10-30(25)29)26-14-27(23-8-11-31-33(17-23)37-19-35-31)16-28(15-26)24-9-12-32-34(18-24)38-20-36-32/h1-20H. The fourth-order valence-electron chi connectivity index (χ4n) is 5.39. The number of fused-ring (bicyclic) bond motifs is 5. The molecular formula is C34H20N2O2. The highest BCUT2D eigenvalue weighted by molar-refractivity contribution is 6.08. The fraction of sp³-hybridized carbons (Fsp3) is 0. The van der Waals surface area contributed by atoms with Crippen molar-refractivity contribution in [2.45, 2.75) is 0 Å². The van der Waals surface area contributed by atoms with Gasteiger partial charge in [0.2, 0.25) is 0 Å². The number of hydrogen-bond acceptors (Lipinski definition) is 4. The highest BCUT2D eigenvalue weighted by atomic mass is 16.3. The highest BCUT2D eigenvalue weighted by Crippen LogP contribution is 2.36. The van der Waals surface area contributed by atoms with Gasteiger partial charge >= 0.3 is 0 Å². The van der Waals surface area contributed by atoms with Gasteiger partial charge in [0.1, 0.15) is 11.0 Å². The van der Waals surface area contributed by atoms with E-state index in [1.54, 1.807) is 0 Å². The molecular weight excluding hydrogens is 468 g/mol. The largest absolute Gasteiger partial charge is 0.443 e. The first-order valence-electron chi connectivity index (χ1n) is 12.5. The lowest BCUT2D eigenvalue weighted by Crippen LogP contribution is -1.87. The molecule has 0 aliphatic heterocycles. The zero-order chi connectivity index (χ0) is 25.1. The van der Waals surface area contributed by atoms with Crippen LogP contribution in [0.2, 0.25) is 0 Å². The first-order chi connectivity index (χ1) is 18.8. The average Bonchev–Trinajstić information content (AvgIpc) is 3.65. The lowest BCUT2D eigenvalue weighted by molar-refractivity contribution is 0.602. The van der Waals surface area contributed by atoms with Gasteiger partial charge in [-0.25, -0.2) is 9.97 Å². The molecule has 0 aliphatic rings. The molecule has 0 fully saturated rings. The molecule has 0 saturated heterocycles. The van der Waals surface area contributed by atoms with E-state index in [9.17, 15) is 0 Å². The highest BCUT2D eigenvalue weighted by Gasteiger charge is 2.11. The van der Waals surface area contributed by atoms with E-state index in [4.69, 9.17) is 8.83 Å². The summed E-state index contributed by atoms with van der Waals surface area (Å²) in [5.74, 6) is 0.